The van der Waals surface area contributed by atoms with Gasteiger partial charge in [-0.15, -0.1) is 0 Å². The van der Waals surface area contributed by atoms with Crippen LogP contribution in [0.1, 0.15) is 18.4 Å². The number of nitrogens with one attached hydrogen (secondary N) is 1. The molecule has 27 heavy (non-hydrogen) atoms. The highest BCUT2D eigenvalue weighted by Gasteiger charge is 2.06. The normalized spacial score (nSPS) is 10.6. The van der Waals surface area contributed by atoms with Crippen molar-refractivity contribution in [3.8, 4) is 11.3 Å². The van der Waals surface area contributed by atoms with Gasteiger partial charge in [0.2, 0.25) is 5.91 Å². The lowest BCUT2D eigenvalue weighted by Gasteiger charge is -2.08. The number of benzene rings is 2. The minimum atomic E-state index is -0.177. The first-order chi connectivity index (χ1) is 13.0. The molecule has 3 aromatic rings. The van der Waals surface area contributed by atoms with Crippen LogP contribution in [0.2, 0.25) is 5.02 Å². The highest BCUT2D eigenvalue weighted by Crippen LogP contribution is 2.16. The second-order valence-electron chi connectivity index (χ2n) is 6.30. The van der Waals surface area contributed by atoms with Gasteiger partial charge in [0.05, 0.1) is 5.69 Å². The van der Waals surface area contributed by atoms with Gasteiger partial charge in [-0.2, -0.15) is 5.10 Å². The summed E-state index contributed by atoms with van der Waals surface area (Å²) >= 11 is 5.83. The van der Waals surface area contributed by atoms with Crippen molar-refractivity contribution in [3.05, 3.63) is 81.6 Å². The second kappa shape index (κ2) is 8.64. The SMILES string of the molecule is Cc1ccc(-c2ccc(=O)n(CCCC(=O)Nc3ccc(Cl)cc3)n2)cc1. The van der Waals surface area contributed by atoms with Crippen LogP contribution in [0.15, 0.2) is 65.5 Å². The molecule has 2 aromatic carbocycles. The van der Waals surface area contributed by atoms with E-state index in [1.807, 2.05) is 31.2 Å². The molecule has 3 rings (SSSR count). The van der Waals surface area contributed by atoms with E-state index in [1.165, 1.54) is 16.3 Å². The van der Waals surface area contributed by atoms with Crippen molar-refractivity contribution >= 4 is 23.2 Å². The van der Waals surface area contributed by atoms with Crippen LogP contribution in [0.25, 0.3) is 11.3 Å². The van der Waals surface area contributed by atoms with Crippen molar-refractivity contribution in [2.24, 2.45) is 0 Å². The van der Waals surface area contributed by atoms with E-state index < -0.39 is 0 Å². The summed E-state index contributed by atoms with van der Waals surface area (Å²) in [6.07, 6.45) is 0.815. The lowest BCUT2D eigenvalue weighted by molar-refractivity contribution is -0.116. The Bertz CT molecular complexity index is 980. The zero-order valence-electron chi connectivity index (χ0n) is 15.0. The fraction of sp³-hybridized carbons (Fsp3) is 0.190. The molecule has 1 aromatic heterocycles. The Hall–Kier alpha value is -2.92. The van der Waals surface area contributed by atoms with Crippen LogP contribution < -0.4 is 10.9 Å². The Balaban J connectivity index is 1.59. The summed E-state index contributed by atoms with van der Waals surface area (Å²) in [5.41, 5.74) is 3.37. The van der Waals surface area contributed by atoms with Gasteiger partial charge < -0.3 is 5.32 Å². The van der Waals surface area contributed by atoms with Gasteiger partial charge in [-0.3, -0.25) is 9.59 Å². The van der Waals surface area contributed by atoms with E-state index in [0.717, 1.165) is 11.3 Å². The first-order valence-corrected chi connectivity index (χ1v) is 9.10. The molecule has 0 unspecified atom stereocenters. The molecule has 1 heterocycles. The van der Waals surface area contributed by atoms with Gasteiger partial charge in [-0.05, 0) is 43.7 Å². The maximum Gasteiger partial charge on any atom is 0.266 e. The Kier molecular flexibility index (Phi) is 6.04. The molecule has 0 bridgehead atoms. The molecular weight excluding hydrogens is 362 g/mol. The van der Waals surface area contributed by atoms with Crippen LogP contribution in [0.5, 0.6) is 0 Å². The molecule has 0 saturated carbocycles. The number of aromatic nitrogens is 2. The fourth-order valence-electron chi connectivity index (χ4n) is 2.63. The number of hydrogen-bond acceptors (Lipinski definition) is 3. The van der Waals surface area contributed by atoms with E-state index in [2.05, 4.69) is 10.4 Å². The van der Waals surface area contributed by atoms with E-state index in [-0.39, 0.29) is 11.5 Å². The summed E-state index contributed by atoms with van der Waals surface area (Å²) in [5, 5.41) is 7.85. The lowest BCUT2D eigenvalue weighted by Crippen LogP contribution is -2.23. The van der Waals surface area contributed by atoms with Crippen LogP contribution in [0.3, 0.4) is 0 Å². The van der Waals surface area contributed by atoms with Crippen LogP contribution in [-0.2, 0) is 11.3 Å². The first kappa shape index (κ1) is 18.9. The molecule has 5 nitrogen and oxygen atoms in total. The van der Waals surface area contributed by atoms with E-state index in [0.29, 0.717) is 30.1 Å². The number of amides is 1. The summed E-state index contributed by atoms with van der Waals surface area (Å²) in [6.45, 7) is 2.40. The minimum Gasteiger partial charge on any atom is -0.326 e. The average Bonchev–Trinajstić information content (AvgIpc) is 2.66. The molecule has 0 radical (unpaired) electrons. The predicted molar refractivity (Wildman–Crippen MR) is 108 cm³/mol. The summed E-state index contributed by atoms with van der Waals surface area (Å²) in [6, 6.07) is 18.1. The van der Waals surface area contributed by atoms with Crippen molar-refractivity contribution in [2.75, 3.05) is 5.32 Å². The Morgan fingerprint density at radius 2 is 1.74 bits per heavy atom. The molecule has 0 aliphatic rings. The third-order valence-electron chi connectivity index (χ3n) is 4.12. The zero-order chi connectivity index (χ0) is 19.2. The molecule has 0 fully saturated rings. The second-order valence-corrected chi connectivity index (χ2v) is 6.74. The molecule has 1 amide bonds. The van der Waals surface area contributed by atoms with Gasteiger partial charge in [0.1, 0.15) is 0 Å². The molecule has 6 heteroatoms. The number of halogens is 1. The van der Waals surface area contributed by atoms with Crippen molar-refractivity contribution in [3.63, 3.8) is 0 Å². The quantitative estimate of drug-likeness (QED) is 0.692. The minimum absolute atomic E-state index is 0.111. The van der Waals surface area contributed by atoms with Crippen molar-refractivity contribution in [1.82, 2.24) is 9.78 Å². The number of nitrogens with zero attached hydrogens (tertiary/aromatic N) is 2. The summed E-state index contributed by atoms with van der Waals surface area (Å²) in [7, 11) is 0. The maximum atomic E-state index is 12.0. The van der Waals surface area contributed by atoms with E-state index >= 15 is 0 Å². The molecule has 0 saturated heterocycles. The molecule has 0 atom stereocenters. The Morgan fingerprint density at radius 1 is 1.04 bits per heavy atom. The average molecular weight is 382 g/mol. The van der Waals surface area contributed by atoms with Crippen LogP contribution >= 0.6 is 11.6 Å². The van der Waals surface area contributed by atoms with Gasteiger partial charge in [-0.25, -0.2) is 4.68 Å². The van der Waals surface area contributed by atoms with Crippen molar-refractivity contribution in [1.29, 1.82) is 0 Å². The monoisotopic (exact) mass is 381 g/mol. The standard InChI is InChI=1S/C21H20ClN3O2/c1-15-4-6-16(7-5-15)19-12-13-21(27)25(24-19)14-2-3-20(26)23-18-10-8-17(22)9-11-18/h4-13H,2-3,14H2,1H3,(H,23,26). The number of rotatable bonds is 6. The maximum absolute atomic E-state index is 12.0. The lowest BCUT2D eigenvalue weighted by atomic mass is 10.1. The highest BCUT2D eigenvalue weighted by molar-refractivity contribution is 6.30. The first-order valence-electron chi connectivity index (χ1n) is 8.72. The molecule has 0 aliphatic carbocycles. The van der Waals surface area contributed by atoms with Crippen molar-refractivity contribution in [2.45, 2.75) is 26.3 Å². The third-order valence-corrected chi connectivity index (χ3v) is 4.37. The summed E-state index contributed by atoms with van der Waals surface area (Å²) < 4.78 is 1.41. The van der Waals surface area contributed by atoms with Gasteiger partial charge in [0, 0.05) is 35.3 Å². The van der Waals surface area contributed by atoms with Gasteiger partial charge >= 0.3 is 0 Å². The number of carbonyl (C=O) groups is 1. The molecule has 0 aliphatic heterocycles. The largest absolute Gasteiger partial charge is 0.326 e. The fourth-order valence-corrected chi connectivity index (χ4v) is 2.76. The number of hydrogen-bond donors (Lipinski definition) is 1. The van der Waals surface area contributed by atoms with Gasteiger partial charge in [-0.1, -0.05) is 41.4 Å². The number of aryl methyl sites for hydroxylation is 2. The van der Waals surface area contributed by atoms with E-state index in [4.69, 9.17) is 11.6 Å². The van der Waals surface area contributed by atoms with Crippen LogP contribution in [0.4, 0.5) is 5.69 Å². The topological polar surface area (TPSA) is 64.0 Å². The van der Waals surface area contributed by atoms with Crippen molar-refractivity contribution < 1.29 is 4.79 Å². The van der Waals surface area contributed by atoms with Crippen LogP contribution in [-0.4, -0.2) is 15.7 Å². The highest BCUT2D eigenvalue weighted by atomic mass is 35.5. The predicted octanol–water partition coefficient (Wildman–Crippen LogP) is 4.29. The smallest absolute Gasteiger partial charge is 0.266 e. The molecule has 0 spiro atoms. The van der Waals surface area contributed by atoms with E-state index in [9.17, 15) is 9.59 Å². The Morgan fingerprint density at radius 3 is 2.44 bits per heavy atom. The zero-order valence-corrected chi connectivity index (χ0v) is 15.7. The number of carbonyl (C=O) groups excluding carboxylic acids is 1. The molecular formula is C21H20ClN3O2. The van der Waals surface area contributed by atoms with E-state index in [1.54, 1.807) is 30.3 Å². The molecule has 1 N–H and O–H groups in total. The summed E-state index contributed by atoms with van der Waals surface area (Å²) in [4.78, 5) is 24.1. The van der Waals surface area contributed by atoms with Gasteiger partial charge in [0.15, 0.2) is 0 Å². The third kappa shape index (κ3) is 5.28. The number of anilines is 1. The Labute approximate surface area is 162 Å². The van der Waals surface area contributed by atoms with Gasteiger partial charge in [0.25, 0.3) is 5.56 Å². The molecule has 138 valence electrons. The summed E-state index contributed by atoms with van der Waals surface area (Å²) in [5.74, 6) is -0.111. The van der Waals surface area contributed by atoms with Crippen LogP contribution in [0, 0.1) is 6.92 Å².